The van der Waals surface area contributed by atoms with E-state index in [1.54, 1.807) is 11.3 Å². The summed E-state index contributed by atoms with van der Waals surface area (Å²) in [6.07, 6.45) is 5.63. The number of amides is 1. The normalized spacial score (nSPS) is 19.4. The van der Waals surface area contributed by atoms with Gasteiger partial charge in [-0.1, -0.05) is 22.9 Å². The van der Waals surface area contributed by atoms with Crippen LogP contribution in [0.5, 0.6) is 0 Å². The largest absolute Gasteiger partial charge is 0.335 e. The second-order valence-electron chi connectivity index (χ2n) is 4.75. The molecule has 1 aromatic rings. The molecule has 2 nitrogen and oxygen atoms in total. The smallest absolute Gasteiger partial charge is 0.264 e. The molecule has 2 heterocycles. The van der Waals surface area contributed by atoms with Gasteiger partial charge in [-0.25, -0.2) is 0 Å². The van der Waals surface area contributed by atoms with E-state index in [1.807, 2.05) is 6.07 Å². The van der Waals surface area contributed by atoms with Crippen molar-refractivity contribution in [2.24, 2.45) is 0 Å². The van der Waals surface area contributed by atoms with E-state index < -0.39 is 0 Å². The van der Waals surface area contributed by atoms with Crippen molar-refractivity contribution < 1.29 is 4.79 Å². The van der Waals surface area contributed by atoms with Crippen molar-refractivity contribution in [2.75, 3.05) is 11.9 Å². The Hall–Kier alpha value is -0.350. The van der Waals surface area contributed by atoms with E-state index in [4.69, 9.17) is 0 Å². The number of carbonyl (C=O) groups excluding carboxylic acids is 1. The maximum atomic E-state index is 12.5. The number of rotatable bonds is 5. The summed E-state index contributed by atoms with van der Waals surface area (Å²) in [5, 5.41) is 1.03. The van der Waals surface area contributed by atoms with E-state index in [1.165, 1.54) is 11.3 Å². The monoisotopic (exact) mass is 329 g/mol. The summed E-state index contributed by atoms with van der Waals surface area (Å²) < 4.78 is 0. The molecule has 0 saturated carbocycles. The number of likely N-dealkylation sites (tertiary alicyclic amines) is 1. The third-order valence-electron chi connectivity index (χ3n) is 3.53. The molecule has 1 atom stereocenters. The maximum Gasteiger partial charge on any atom is 0.264 e. The highest BCUT2D eigenvalue weighted by atomic mass is 79.9. The first kappa shape index (κ1) is 14.1. The molecule has 4 heteroatoms. The van der Waals surface area contributed by atoms with E-state index in [2.05, 4.69) is 33.8 Å². The molecule has 1 fully saturated rings. The van der Waals surface area contributed by atoms with Crippen LogP contribution in [0.1, 0.15) is 47.2 Å². The quantitative estimate of drug-likeness (QED) is 0.745. The zero-order valence-electron chi connectivity index (χ0n) is 10.8. The van der Waals surface area contributed by atoms with Crippen molar-refractivity contribution in [1.29, 1.82) is 0 Å². The van der Waals surface area contributed by atoms with Crippen LogP contribution in [-0.2, 0) is 6.42 Å². The van der Waals surface area contributed by atoms with Crippen LogP contribution in [0.3, 0.4) is 0 Å². The van der Waals surface area contributed by atoms with E-state index in [0.717, 1.165) is 42.4 Å². The lowest BCUT2D eigenvalue weighted by molar-refractivity contribution is 0.0735. The molecule has 0 radical (unpaired) electrons. The third kappa shape index (κ3) is 3.15. The summed E-state index contributed by atoms with van der Waals surface area (Å²) in [6, 6.07) is 4.54. The van der Waals surface area contributed by atoms with Gasteiger partial charge in [-0.3, -0.25) is 4.79 Å². The van der Waals surface area contributed by atoms with E-state index in [0.29, 0.717) is 6.04 Å². The summed E-state index contributed by atoms with van der Waals surface area (Å²) in [4.78, 5) is 16.8. The lowest BCUT2D eigenvalue weighted by Crippen LogP contribution is -2.35. The fourth-order valence-electron chi connectivity index (χ4n) is 2.54. The van der Waals surface area contributed by atoms with Crippen LogP contribution in [0.25, 0.3) is 0 Å². The van der Waals surface area contributed by atoms with Crippen molar-refractivity contribution >= 4 is 33.2 Å². The molecular weight excluding hydrogens is 310 g/mol. The summed E-state index contributed by atoms with van der Waals surface area (Å²) in [5.74, 6) is 0.247. The van der Waals surface area contributed by atoms with Gasteiger partial charge in [0.2, 0.25) is 0 Å². The topological polar surface area (TPSA) is 20.3 Å². The van der Waals surface area contributed by atoms with Gasteiger partial charge in [-0.05, 0) is 44.2 Å². The molecule has 18 heavy (non-hydrogen) atoms. The fourth-order valence-corrected chi connectivity index (χ4v) is 3.77. The van der Waals surface area contributed by atoms with Crippen LogP contribution in [0.2, 0.25) is 0 Å². The Balaban J connectivity index is 2.02. The highest BCUT2D eigenvalue weighted by Crippen LogP contribution is 2.26. The second-order valence-corrected chi connectivity index (χ2v) is 6.71. The minimum Gasteiger partial charge on any atom is -0.335 e. The first-order chi connectivity index (χ1) is 8.76. The van der Waals surface area contributed by atoms with Gasteiger partial charge in [0.25, 0.3) is 5.91 Å². The number of hydrogen-bond donors (Lipinski definition) is 0. The molecule has 1 aromatic heterocycles. The van der Waals surface area contributed by atoms with Gasteiger partial charge in [-0.2, -0.15) is 0 Å². The third-order valence-corrected chi connectivity index (χ3v) is 5.31. The van der Waals surface area contributed by atoms with Crippen molar-refractivity contribution in [2.45, 2.75) is 45.1 Å². The van der Waals surface area contributed by atoms with E-state index in [9.17, 15) is 4.79 Å². The first-order valence-electron chi connectivity index (χ1n) is 6.72. The highest BCUT2D eigenvalue weighted by molar-refractivity contribution is 9.09. The standard InChI is InChI=1S/C14H20BrNOS/c1-2-12-7-8-13(18-12)14(17)16-10-4-6-11(16)5-3-9-15/h7-8,11H,2-6,9-10H2,1H3. The lowest BCUT2D eigenvalue weighted by Gasteiger charge is -2.24. The Bertz CT molecular complexity index is 404. The molecule has 1 unspecified atom stereocenters. The second kappa shape index (κ2) is 6.71. The molecule has 100 valence electrons. The summed E-state index contributed by atoms with van der Waals surface area (Å²) in [6.45, 7) is 3.07. The van der Waals surface area contributed by atoms with Crippen LogP contribution < -0.4 is 0 Å². The van der Waals surface area contributed by atoms with Crippen LogP contribution in [0.4, 0.5) is 0 Å². The van der Waals surface area contributed by atoms with E-state index >= 15 is 0 Å². The van der Waals surface area contributed by atoms with Gasteiger partial charge in [0, 0.05) is 22.8 Å². The Morgan fingerprint density at radius 3 is 3.06 bits per heavy atom. The molecule has 0 spiro atoms. The van der Waals surface area contributed by atoms with Gasteiger partial charge < -0.3 is 4.90 Å². The molecule has 2 rings (SSSR count). The molecule has 0 bridgehead atoms. The van der Waals surface area contributed by atoms with Crippen LogP contribution in [0.15, 0.2) is 12.1 Å². The predicted octanol–water partition coefficient (Wildman–Crippen LogP) is 4.09. The highest BCUT2D eigenvalue weighted by Gasteiger charge is 2.29. The lowest BCUT2D eigenvalue weighted by atomic mass is 10.1. The van der Waals surface area contributed by atoms with Crippen molar-refractivity contribution in [1.82, 2.24) is 4.90 Å². The number of aryl methyl sites for hydroxylation is 1. The maximum absolute atomic E-state index is 12.5. The number of halogens is 1. The molecule has 1 saturated heterocycles. The summed E-state index contributed by atoms with van der Waals surface area (Å²) >= 11 is 5.12. The predicted molar refractivity (Wildman–Crippen MR) is 80.8 cm³/mol. The number of alkyl halides is 1. The van der Waals surface area contributed by atoms with Crippen molar-refractivity contribution in [3.8, 4) is 0 Å². The SMILES string of the molecule is CCc1ccc(C(=O)N2CCCC2CCCBr)s1. The molecule has 0 aliphatic carbocycles. The van der Waals surface area contributed by atoms with Gasteiger partial charge in [0.1, 0.15) is 0 Å². The zero-order valence-corrected chi connectivity index (χ0v) is 13.2. The average molecular weight is 330 g/mol. The van der Waals surface area contributed by atoms with Crippen LogP contribution in [0, 0.1) is 0 Å². The van der Waals surface area contributed by atoms with Gasteiger partial charge in [0.15, 0.2) is 0 Å². The molecule has 1 aliphatic heterocycles. The minimum atomic E-state index is 0.247. The Kier molecular flexibility index (Phi) is 5.25. The van der Waals surface area contributed by atoms with Crippen molar-refractivity contribution in [3.63, 3.8) is 0 Å². The molecular formula is C14H20BrNOS. The summed E-state index contributed by atoms with van der Waals surface area (Å²) in [5.41, 5.74) is 0. The zero-order chi connectivity index (χ0) is 13.0. The first-order valence-corrected chi connectivity index (χ1v) is 8.65. The van der Waals surface area contributed by atoms with Gasteiger partial charge in [-0.15, -0.1) is 11.3 Å². The van der Waals surface area contributed by atoms with E-state index in [-0.39, 0.29) is 5.91 Å². The average Bonchev–Trinajstić information content (AvgIpc) is 3.04. The van der Waals surface area contributed by atoms with Crippen LogP contribution in [-0.4, -0.2) is 28.7 Å². The van der Waals surface area contributed by atoms with Gasteiger partial charge in [0.05, 0.1) is 4.88 Å². The molecule has 0 aromatic carbocycles. The molecule has 1 aliphatic rings. The number of hydrogen-bond acceptors (Lipinski definition) is 2. The van der Waals surface area contributed by atoms with Crippen molar-refractivity contribution in [3.05, 3.63) is 21.9 Å². The number of carbonyl (C=O) groups is 1. The molecule has 0 N–H and O–H groups in total. The number of thiophene rings is 1. The summed E-state index contributed by atoms with van der Waals surface area (Å²) in [7, 11) is 0. The Labute approximate surface area is 122 Å². The Morgan fingerprint density at radius 2 is 2.39 bits per heavy atom. The van der Waals surface area contributed by atoms with Gasteiger partial charge >= 0.3 is 0 Å². The minimum absolute atomic E-state index is 0.247. The molecule has 1 amide bonds. The fraction of sp³-hybridized carbons (Fsp3) is 0.643. The Morgan fingerprint density at radius 1 is 1.56 bits per heavy atom. The number of nitrogens with zero attached hydrogens (tertiary/aromatic N) is 1. The van der Waals surface area contributed by atoms with Crippen LogP contribution >= 0.6 is 27.3 Å².